The zero-order valence-electron chi connectivity index (χ0n) is 14.5. The van der Waals surface area contributed by atoms with Crippen molar-refractivity contribution in [2.24, 2.45) is 7.05 Å². The van der Waals surface area contributed by atoms with Crippen LogP contribution in [-0.2, 0) is 17.1 Å². The number of hydrogen-bond acceptors (Lipinski definition) is 5. The Balaban J connectivity index is 1.92. The van der Waals surface area contributed by atoms with Crippen molar-refractivity contribution in [3.63, 3.8) is 0 Å². The summed E-state index contributed by atoms with van der Waals surface area (Å²) in [6, 6.07) is 13.6. The molecule has 0 saturated carbocycles. The minimum Gasteiger partial charge on any atom is -0.333 e. The second kappa shape index (κ2) is 7.75. The number of benzene rings is 2. The Morgan fingerprint density at radius 3 is 2.52 bits per heavy atom. The van der Waals surface area contributed by atoms with Crippen molar-refractivity contribution in [2.45, 2.75) is 9.79 Å². The van der Waals surface area contributed by atoms with Gasteiger partial charge in [0, 0.05) is 23.7 Å². The number of nitrogens with one attached hydrogen (secondary N) is 1. The van der Waals surface area contributed by atoms with Crippen molar-refractivity contribution in [2.75, 3.05) is 6.26 Å². The molecule has 6 nitrogen and oxygen atoms in total. The molecule has 1 N–H and O–H groups in total. The van der Waals surface area contributed by atoms with Gasteiger partial charge in [-0.3, -0.25) is 4.79 Å². The Labute approximate surface area is 166 Å². The number of sulfonamides is 1. The lowest BCUT2D eigenvalue weighted by atomic mass is 10.2. The molecule has 0 bridgehead atoms. The van der Waals surface area contributed by atoms with Crippen LogP contribution in [0.5, 0.6) is 0 Å². The molecule has 0 aliphatic rings. The standard InChI is InChI=1S/C18H16ClN3O3S2/c1-22-11-14(20-17(22)12-7-3-5-9-15(12)26-2)18(23)21-27(24,25)16-10-6-4-8-13(16)19/h3-11H,1-2H3,(H,21,23). The van der Waals surface area contributed by atoms with Gasteiger partial charge in [0.2, 0.25) is 0 Å². The predicted octanol–water partition coefficient (Wildman–Crippen LogP) is 3.58. The van der Waals surface area contributed by atoms with E-state index in [1.807, 2.05) is 35.2 Å². The van der Waals surface area contributed by atoms with E-state index in [9.17, 15) is 13.2 Å². The Morgan fingerprint density at radius 2 is 1.81 bits per heavy atom. The summed E-state index contributed by atoms with van der Waals surface area (Å²) in [6.07, 6.45) is 3.44. The fourth-order valence-corrected chi connectivity index (χ4v) is 4.62. The Bertz CT molecular complexity index is 1110. The van der Waals surface area contributed by atoms with Crippen LogP contribution in [0.2, 0.25) is 5.02 Å². The van der Waals surface area contributed by atoms with Gasteiger partial charge in [0.1, 0.15) is 16.4 Å². The molecule has 0 atom stereocenters. The second-order valence-electron chi connectivity index (χ2n) is 5.63. The molecule has 0 unspecified atom stereocenters. The Hall–Kier alpha value is -2.29. The molecule has 0 saturated heterocycles. The molecule has 0 fully saturated rings. The second-order valence-corrected chi connectivity index (χ2v) is 8.53. The molecule has 0 radical (unpaired) electrons. The molecule has 1 heterocycles. The largest absolute Gasteiger partial charge is 0.333 e. The number of rotatable bonds is 5. The van der Waals surface area contributed by atoms with E-state index in [2.05, 4.69) is 4.98 Å². The van der Waals surface area contributed by atoms with Gasteiger partial charge in [-0.05, 0) is 24.5 Å². The highest BCUT2D eigenvalue weighted by molar-refractivity contribution is 7.98. The number of aromatic nitrogens is 2. The van der Waals surface area contributed by atoms with Gasteiger partial charge in [-0.15, -0.1) is 11.8 Å². The minimum atomic E-state index is -4.10. The molecule has 3 aromatic rings. The van der Waals surface area contributed by atoms with Crippen LogP contribution in [0.4, 0.5) is 0 Å². The number of imidazole rings is 1. The van der Waals surface area contributed by atoms with Crippen LogP contribution in [0.25, 0.3) is 11.4 Å². The van der Waals surface area contributed by atoms with Crippen LogP contribution in [0.3, 0.4) is 0 Å². The summed E-state index contributed by atoms with van der Waals surface area (Å²) in [5, 5.41) is 0.0356. The van der Waals surface area contributed by atoms with Crippen LogP contribution < -0.4 is 4.72 Å². The number of halogens is 1. The molecule has 3 rings (SSSR count). The van der Waals surface area contributed by atoms with Crippen LogP contribution in [-0.4, -0.2) is 30.1 Å². The summed E-state index contributed by atoms with van der Waals surface area (Å²) in [4.78, 5) is 17.6. The highest BCUT2D eigenvalue weighted by Gasteiger charge is 2.23. The maximum atomic E-state index is 12.5. The first kappa shape index (κ1) is 19.5. The number of carbonyl (C=O) groups is 1. The fourth-order valence-electron chi connectivity index (χ4n) is 2.55. The summed E-state index contributed by atoms with van der Waals surface area (Å²) in [7, 11) is -2.36. The van der Waals surface area contributed by atoms with E-state index < -0.39 is 15.9 Å². The van der Waals surface area contributed by atoms with Crippen LogP contribution in [0.1, 0.15) is 10.5 Å². The van der Waals surface area contributed by atoms with E-state index in [0.717, 1.165) is 10.5 Å². The lowest BCUT2D eigenvalue weighted by molar-refractivity contribution is 0.0977. The van der Waals surface area contributed by atoms with Crippen molar-refractivity contribution >= 4 is 39.3 Å². The molecule has 27 heavy (non-hydrogen) atoms. The molecule has 2 aromatic carbocycles. The van der Waals surface area contributed by atoms with E-state index in [4.69, 9.17) is 11.6 Å². The summed E-state index contributed by atoms with van der Waals surface area (Å²) >= 11 is 7.49. The Morgan fingerprint density at radius 1 is 1.15 bits per heavy atom. The van der Waals surface area contributed by atoms with Crippen LogP contribution in [0, 0.1) is 0 Å². The molecule has 1 amide bonds. The monoisotopic (exact) mass is 421 g/mol. The van der Waals surface area contributed by atoms with Crippen LogP contribution >= 0.6 is 23.4 Å². The predicted molar refractivity (Wildman–Crippen MR) is 107 cm³/mol. The lowest BCUT2D eigenvalue weighted by Crippen LogP contribution is -2.31. The fraction of sp³-hybridized carbons (Fsp3) is 0.111. The average molecular weight is 422 g/mol. The van der Waals surface area contributed by atoms with E-state index in [1.54, 1.807) is 29.4 Å². The average Bonchev–Trinajstić information content (AvgIpc) is 3.03. The van der Waals surface area contributed by atoms with Gasteiger partial charge in [0.05, 0.1) is 5.02 Å². The van der Waals surface area contributed by atoms with Crippen molar-refractivity contribution in [3.05, 3.63) is 65.4 Å². The van der Waals surface area contributed by atoms with Crippen LogP contribution in [0.15, 0.2) is 64.5 Å². The third-order valence-corrected chi connectivity index (χ3v) is 6.44. The zero-order chi connectivity index (χ0) is 19.6. The van der Waals surface area contributed by atoms with Crippen molar-refractivity contribution < 1.29 is 13.2 Å². The molecule has 140 valence electrons. The molecule has 9 heteroatoms. The maximum absolute atomic E-state index is 12.5. The summed E-state index contributed by atoms with van der Waals surface area (Å²) in [5.41, 5.74) is 0.861. The molecular formula is C18H16ClN3O3S2. The van der Waals surface area contributed by atoms with Gasteiger partial charge in [-0.1, -0.05) is 41.9 Å². The van der Waals surface area contributed by atoms with Crippen molar-refractivity contribution in [3.8, 4) is 11.4 Å². The van der Waals surface area contributed by atoms with Gasteiger partial charge in [0.15, 0.2) is 0 Å². The smallest absolute Gasteiger partial charge is 0.285 e. The van der Waals surface area contributed by atoms with Gasteiger partial charge < -0.3 is 4.57 Å². The third-order valence-electron chi connectivity index (χ3n) is 3.81. The van der Waals surface area contributed by atoms with E-state index in [1.165, 1.54) is 24.4 Å². The minimum absolute atomic E-state index is 0.000894. The molecule has 1 aromatic heterocycles. The van der Waals surface area contributed by atoms with Crippen molar-refractivity contribution in [1.82, 2.24) is 14.3 Å². The maximum Gasteiger partial charge on any atom is 0.285 e. The summed E-state index contributed by atoms with van der Waals surface area (Å²) < 4.78 is 28.6. The number of amides is 1. The van der Waals surface area contributed by atoms with Gasteiger partial charge >= 0.3 is 0 Å². The first-order valence-electron chi connectivity index (χ1n) is 7.82. The normalized spacial score (nSPS) is 11.4. The number of hydrogen-bond donors (Lipinski definition) is 1. The highest BCUT2D eigenvalue weighted by atomic mass is 35.5. The summed E-state index contributed by atoms with van der Waals surface area (Å²) in [5.74, 6) is -0.251. The number of aryl methyl sites for hydroxylation is 1. The first-order valence-corrected chi connectivity index (χ1v) is 10.9. The third kappa shape index (κ3) is 4.02. The SMILES string of the molecule is CSc1ccccc1-c1nc(C(=O)NS(=O)(=O)c2ccccc2Cl)cn1C. The number of nitrogens with zero attached hydrogens (tertiary/aromatic N) is 2. The highest BCUT2D eigenvalue weighted by Crippen LogP contribution is 2.29. The van der Waals surface area contributed by atoms with Gasteiger partial charge in [0.25, 0.3) is 15.9 Å². The Kier molecular flexibility index (Phi) is 5.59. The van der Waals surface area contributed by atoms with E-state index in [0.29, 0.717) is 5.82 Å². The quantitative estimate of drug-likeness (QED) is 0.637. The number of carbonyl (C=O) groups excluding carboxylic acids is 1. The summed E-state index contributed by atoms with van der Waals surface area (Å²) in [6.45, 7) is 0. The van der Waals surface area contributed by atoms with Gasteiger partial charge in [-0.2, -0.15) is 0 Å². The molecule has 0 aliphatic carbocycles. The van der Waals surface area contributed by atoms with Crippen molar-refractivity contribution in [1.29, 1.82) is 0 Å². The molecule has 0 aliphatic heterocycles. The van der Waals surface area contributed by atoms with E-state index in [-0.39, 0.29) is 15.6 Å². The topological polar surface area (TPSA) is 81.1 Å². The lowest BCUT2D eigenvalue weighted by Gasteiger charge is -2.07. The number of thioether (sulfide) groups is 1. The first-order chi connectivity index (χ1) is 12.8. The molecule has 0 spiro atoms. The molecular weight excluding hydrogens is 406 g/mol. The van der Waals surface area contributed by atoms with Gasteiger partial charge in [-0.25, -0.2) is 18.1 Å². The van der Waals surface area contributed by atoms with E-state index >= 15 is 0 Å². The zero-order valence-corrected chi connectivity index (χ0v) is 16.9.